The van der Waals surface area contributed by atoms with Crippen molar-refractivity contribution in [1.82, 2.24) is 10.2 Å². The van der Waals surface area contributed by atoms with E-state index < -0.39 is 0 Å². The summed E-state index contributed by atoms with van der Waals surface area (Å²) in [6, 6.07) is 10.5. The van der Waals surface area contributed by atoms with Gasteiger partial charge < -0.3 is 10.2 Å². The zero-order valence-corrected chi connectivity index (χ0v) is 11.1. The Bertz CT molecular complexity index is 371. The molecule has 0 aromatic heterocycles. The van der Waals surface area contributed by atoms with E-state index in [1.807, 2.05) is 30.1 Å². The number of piperidine rings is 1. The number of hydrogen-bond acceptors (Lipinski definition) is 2. The van der Waals surface area contributed by atoms with Gasteiger partial charge in [0.25, 0.3) is 0 Å². The number of carbonyl (C=O) groups excluding carboxylic acids is 1. The molecule has 1 saturated heterocycles. The van der Waals surface area contributed by atoms with E-state index in [2.05, 4.69) is 17.4 Å². The van der Waals surface area contributed by atoms with Crippen molar-refractivity contribution in [3.05, 3.63) is 35.9 Å². The van der Waals surface area contributed by atoms with E-state index in [4.69, 9.17) is 0 Å². The smallest absolute Gasteiger partial charge is 0.224 e. The van der Waals surface area contributed by atoms with E-state index in [9.17, 15) is 4.79 Å². The minimum atomic E-state index is 0.234. The first kappa shape index (κ1) is 13.1. The highest BCUT2D eigenvalue weighted by Gasteiger charge is 2.18. The van der Waals surface area contributed by atoms with Crippen LogP contribution in [0.1, 0.15) is 31.2 Å². The molecule has 1 aliphatic rings. The van der Waals surface area contributed by atoms with Gasteiger partial charge in [-0.25, -0.2) is 0 Å². The lowest BCUT2D eigenvalue weighted by atomic mass is 10.0. The van der Waals surface area contributed by atoms with Crippen molar-refractivity contribution in [2.75, 3.05) is 13.6 Å². The molecule has 1 aromatic rings. The molecule has 1 fully saturated rings. The summed E-state index contributed by atoms with van der Waals surface area (Å²) in [4.78, 5) is 13.9. The van der Waals surface area contributed by atoms with Crippen LogP contribution in [-0.4, -0.2) is 30.4 Å². The van der Waals surface area contributed by atoms with Crippen molar-refractivity contribution in [1.29, 1.82) is 0 Å². The first-order valence-electron chi connectivity index (χ1n) is 6.77. The van der Waals surface area contributed by atoms with Crippen LogP contribution in [0.15, 0.2) is 30.3 Å². The molecule has 2 rings (SSSR count). The molecule has 0 aliphatic carbocycles. The maximum Gasteiger partial charge on any atom is 0.224 e. The fourth-order valence-electron chi connectivity index (χ4n) is 2.41. The molecule has 18 heavy (non-hydrogen) atoms. The number of benzene rings is 1. The predicted molar refractivity (Wildman–Crippen MR) is 73.2 cm³/mol. The third-order valence-corrected chi connectivity index (χ3v) is 3.52. The standard InChI is InChI=1S/C15H22N2O/c1-17(12-13-7-3-2-4-8-13)15(18)11-14-9-5-6-10-16-14/h2-4,7-8,14,16H,5-6,9-12H2,1H3. The van der Waals surface area contributed by atoms with Gasteiger partial charge in [0.05, 0.1) is 0 Å². The van der Waals surface area contributed by atoms with Gasteiger partial charge in [-0.15, -0.1) is 0 Å². The van der Waals surface area contributed by atoms with Crippen LogP contribution < -0.4 is 5.32 Å². The monoisotopic (exact) mass is 246 g/mol. The van der Waals surface area contributed by atoms with Gasteiger partial charge >= 0.3 is 0 Å². The van der Waals surface area contributed by atoms with Crippen LogP contribution in [0.4, 0.5) is 0 Å². The molecule has 1 aromatic carbocycles. The van der Waals surface area contributed by atoms with Crippen LogP contribution in [0.3, 0.4) is 0 Å². The van der Waals surface area contributed by atoms with Crippen molar-refractivity contribution in [3.63, 3.8) is 0 Å². The average molecular weight is 246 g/mol. The average Bonchev–Trinajstić information content (AvgIpc) is 2.41. The number of nitrogens with one attached hydrogen (secondary N) is 1. The normalized spacial score (nSPS) is 19.5. The first-order chi connectivity index (χ1) is 8.75. The van der Waals surface area contributed by atoms with E-state index in [0.29, 0.717) is 19.0 Å². The Morgan fingerprint density at radius 1 is 1.33 bits per heavy atom. The summed E-state index contributed by atoms with van der Waals surface area (Å²) < 4.78 is 0. The lowest BCUT2D eigenvalue weighted by molar-refractivity contribution is -0.131. The molecule has 1 unspecified atom stereocenters. The molecule has 3 nitrogen and oxygen atoms in total. The van der Waals surface area contributed by atoms with Gasteiger partial charge in [0.15, 0.2) is 0 Å². The van der Waals surface area contributed by atoms with Gasteiger partial charge in [0.1, 0.15) is 0 Å². The zero-order chi connectivity index (χ0) is 12.8. The Hall–Kier alpha value is -1.35. The second kappa shape index (κ2) is 6.55. The van der Waals surface area contributed by atoms with Gasteiger partial charge in [-0.1, -0.05) is 36.8 Å². The Kier molecular flexibility index (Phi) is 4.76. The molecule has 0 radical (unpaired) electrons. The molecule has 0 saturated carbocycles. The van der Waals surface area contributed by atoms with E-state index in [1.54, 1.807) is 0 Å². The number of carbonyl (C=O) groups is 1. The van der Waals surface area contributed by atoms with Crippen molar-refractivity contribution in [3.8, 4) is 0 Å². The summed E-state index contributed by atoms with van der Waals surface area (Å²) in [7, 11) is 1.89. The summed E-state index contributed by atoms with van der Waals surface area (Å²) in [6.07, 6.45) is 4.24. The second-order valence-corrected chi connectivity index (χ2v) is 5.09. The van der Waals surface area contributed by atoms with Crippen molar-refractivity contribution in [2.24, 2.45) is 0 Å². The Morgan fingerprint density at radius 2 is 2.11 bits per heavy atom. The van der Waals surface area contributed by atoms with Crippen LogP contribution in [0, 0.1) is 0 Å². The molecule has 1 heterocycles. The maximum absolute atomic E-state index is 12.1. The van der Waals surface area contributed by atoms with Crippen molar-refractivity contribution >= 4 is 5.91 Å². The SMILES string of the molecule is CN(Cc1ccccc1)C(=O)CC1CCCCN1. The highest BCUT2D eigenvalue weighted by Crippen LogP contribution is 2.12. The van der Waals surface area contributed by atoms with Gasteiger partial charge in [-0.2, -0.15) is 0 Å². The number of amides is 1. The largest absolute Gasteiger partial charge is 0.341 e. The third-order valence-electron chi connectivity index (χ3n) is 3.52. The van der Waals surface area contributed by atoms with Crippen molar-refractivity contribution in [2.45, 2.75) is 38.3 Å². The van der Waals surface area contributed by atoms with E-state index in [0.717, 1.165) is 13.0 Å². The molecular weight excluding hydrogens is 224 g/mol. The summed E-state index contributed by atoms with van der Waals surface area (Å²) in [6.45, 7) is 1.76. The summed E-state index contributed by atoms with van der Waals surface area (Å²) in [5.41, 5.74) is 1.19. The van der Waals surface area contributed by atoms with Gasteiger partial charge in [-0.3, -0.25) is 4.79 Å². The van der Waals surface area contributed by atoms with Crippen LogP contribution >= 0.6 is 0 Å². The zero-order valence-electron chi connectivity index (χ0n) is 11.1. The second-order valence-electron chi connectivity index (χ2n) is 5.09. The molecule has 1 amide bonds. The quantitative estimate of drug-likeness (QED) is 0.883. The van der Waals surface area contributed by atoms with Gasteiger partial charge in [0.2, 0.25) is 5.91 Å². The minimum Gasteiger partial charge on any atom is -0.341 e. The Balaban J connectivity index is 1.81. The van der Waals surface area contributed by atoms with Crippen LogP contribution in [0.25, 0.3) is 0 Å². The van der Waals surface area contributed by atoms with Crippen molar-refractivity contribution < 1.29 is 4.79 Å². The topological polar surface area (TPSA) is 32.3 Å². The number of nitrogens with zero attached hydrogens (tertiary/aromatic N) is 1. The third kappa shape index (κ3) is 3.84. The van der Waals surface area contributed by atoms with Gasteiger partial charge in [0, 0.05) is 26.1 Å². The first-order valence-corrected chi connectivity index (χ1v) is 6.77. The predicted octanol–water partition coefficient (Wildman–Crippen LogP) is 2.18. The minimum absolute atomic E-state index is 0.234. The molecule has 98 valence electrons. The maximum atomic E-state index is 12.1. The van der Waals surface area contributed by atoms with E-state index in [-0.39, 0.29) is 5.91 Å². The Labute approximate surface area is 109 Å². The Morgan fingerprint density at radius 3 is 2.78 bits per heavy atom. The molecule has 1 N–H and O–H groups in total. The van der Waals surface area contributed by atoms with E-state index in [1.165, 1.54) is 18.4 Å². The molecule has 1 aliphatic heterocycles. The fourth-order valence-corrected chi connectivity index (χ4v) is 2.41. The highest BCUT2D eigenvalue weighted by atomic mass is 16.2. The lowest BCUT2D eigenvalue weighted by Crippen LogP contribution is -2.39. The van der Waals surface area contributed by atoms with E-state index >= 15 is 0 Å². The molecule has 1 atom stereocenters. The van der Waals surface area contributed by atoms with Crippen LogP contribution in [0.5, 0.6) is 0 Å². The molecular formula is C15H22N2O. The lowest BCUT2D eigenvalue weighted by Gasteiger charge is -2.25. The summed E-state index contributed by atoms with van der Waals surface area (Å²) >= 11 is 0. The number of rotatable bonds is 4. The van der Waals surface area contributed by atoms with Crippen LogP contribution in [0.2, 0.25) is 0 Å². The highest BCUT2D eigenvalue weighted by molar-refractivity contribution is 5.76. The summed E-state index contributed by atoms with van der Waals surface area (Å²) in [5, 5.41) is 3.42. The fraction of sp³-hybridized carbons (Fsp3) is 0.533. The van der Waals surface area contributed by atoms with Gasteiger partial charge in [-0.05, 0) is 24.9 Å². The molecule has 0 bridgehead atoms. The molecule has 0 spiro atoms. The number of hydrogen-bond donors (Lipinski definition) is 1. The molecule has 3 heteroatoms. The van der Waals surface area contributed by atoms with Crippen LogP contribution in [-0.2, 0) is 11.3 Å². The summed E-state index contributed by atoms with van der Waals surface area (Å²) in [5.74, 6) is 0.234.